The highest BCUT2D eigenvalue weighted by molar-refractivity contribution is 5.94. The fourth-order valence-electron chi connectivity index (χ4n) is 6.44. The number of nitrogens with zero attached hydrogens (tertiary/aromatic N) is 2. The zero-order chi connectivity index (χ0) is 26.4. The summed E-state index contributed by atoms with van der Waals surface area (Å²) in [4.78, 5) is 52.0. The van der Waals surface area contributed by atoms with E-state index >= 15 is 0 Å². The number of carbonyl (C=O) groups excluding carboxylic acids is 4. The van der Waals surface area contributed by atoms with Crippen molar-refractivity contribution in [2.45, 2.75) is 76.7 Å². The first-order valence-electron chi connectivity index (χ1n) is 12.5. The van der Waals surface area contributed by atoms with E-state index in [2.05, 4.69) is 10.6 Å². The second-order valence-corrected chi connectivity index (χ2v) is 11.1. The number of carbonyl (C=O) groups is 4. The Bertz CT molecular complexity index is 972. The fourth-order valence-corrected chi connectivity index (χ4v) is 6.44. The maximum Gasteiger partial charge on any atom is 0.471 e. The van der Waals surface area contributed by atoms with Crippen molar-refractivity contribution in [1.82, 2.24) is 20.9 Å². The van der Waals surface area contributed by atoms with Crippen molar-refractivity contribution in [3.8, 4) is 6.07 Å². The van der Waals surface area contributed by atoms with E-state index in [0.29, 0.717) is 25.8 Å². The van der Waals surface area contributed by atoms with Crippen LogP contribution in [0.3, 0.4) is 0 Å². The summed E-state index contributed by atoms with van der Waals surface area (Å²) in [5.74, 6) is -4.65. The monoisotopic (exact) mass is 511 g/mol. The van der Waals surface area contributed by atoms with Crippen molar-refractivity contribution in [2.75, 3.05) is 13.1 Å². The van der Waals surface area contributed by atoms with Crippen molar-refractivity contribution in [3.05, 3.63) is 0 Å². The number of fused-ring (bicyclic) bond motifs is 1. The molecular formula is C24H32F3N5O4. The van der Waals surface area contributed by atoms with Gasteiger partial charge in [0, 0.05) is 19.0 Å². The smallest absolute Gasteiger partial charge is 0.356 e. The van der Waals surface area contributed by atoms with Gasteiger partial charge in [0.05, 0.1) is 6.07 Å². The van der Waals surface area contributed by atoms with E-state index in [1.54, 1.807) is 0 Å². The van der Waals surface area contributed by atoms with Gasteiger partial charge in [-0.1, -0.05) is 26.7 Å². The molecule has 4 rings (SSSR count). The number of rotatable bonds is 7. The highest BCUT2D eigenvalue weighted by atomic mass is 19.4. The summed E-state index contributed by atoms with van der Waals surface area (Å²) in [6.07, 6.45) is -1.92. The van der Waals surface area contributed by atoms with E-state index in [9.17, 15) is 37.6 Å². The standard InChI is InChI=1S/C24H32F3N5O4/c1-23(2)15-11-32(21(35)17(12-5-3-4-6-12)31-22(36)24(25,26)27)18(16(15)23)20(34)30-14(10-28)9-13-7-8-29-19(13)33/h12-18H,3-9,11H2,1-2H3,(H,29,33)(H,30,34)(H,31,36)/t13-,14-,15-,16-,17-,18-/m0/s1. The molecule has 6 atom stereocenters. The van der Waals surface area contributed by atoms with Crippen LogP contribution in [0.15, 0.2) is 0 Å². The zero-order valence-corrected chi connectivity index (χ0v) is 20.4. The Morgan fingerprint density at radius 1 is 1.19 bits per heavy atom. The first-order chi connectivity index (χ1) is 16.9. The molecule has 2 saturated carbocycles. The molecule has 0 spiro atoms. The van der Waals surface area contributed by atoms with Crippen LogP contribution in [0, 0.1) is 40.4 Å². The molecule has 9 nitrogen and oxygen atoms in total. The van der Waals surface area contributed by atoms with Crippen molar-refractivity contribution in [1.29, 1.82) is 5.26 Å². The number of nitrogens with one attached hydrogen (secondary N) is 3. The molecule has 36 heavy (non-hydrogen) atoms. The number of hydrogen-bond acceptors (Lipinski definition) is 5. The predicted molar refractivity (Wildman–Crippen MR) is 119 cm³/mol. The second kappa shape index (κ2) is 9.56. The van der Waals surface area contributed by atoms with Gasteiger partial charge in [0.25, 0.3) is 0 Å². The number of piperidine rings is 1. The molecule has 0 aromatic heterocycles. The number of alkyl halides is 3. The highest BCUT2D eigenvalue weighted by Gasteiger charge is 2.69. The van der Waals surface area contributed by atoms with Crippen LogP contribution in [-0.4, -0.2) is 65.9 Å². The molecule has 2 heterocycles. The van der Waals surface area contributed by atoms with Crippen molar-refractivity contribution in [2.24, 2.45) is 29.1 Å². The van der Waals surface area contributed by atoms with E-state index in [1.807, 2.05) is 25.2 Å². The SMILES string of the molecule is CC1(C)[C@@H]2[C@@H](C(=O)N[C@H](C#N)C[C@@H]3CCNC3=O)N(C(=O)[C@@H](NC(=O)C(F)(F)F)C3CCCC3)C[C@@H]21. The highest BCUT2D eigenvalue weighted by Crippen LogP contribution is 2.65. The van der Waals surface area contributed by atoms with Gasteiger partial charge >= 0.3 is 12.1 Å². The second-order valence-electron chi connectivity index (χ2n) is 11.1. The quantitative estimate of drug-likeness (QED) is 0.473. The maximum atomic E-state index is 13.6. The molecule has 0 unspecified atom stereocenters. The van der Waals surface area contributed by atoms with Crippen LogP contribution < -0.4 is 16.0 Å². The molecule has 0 aromatic rings. The molecule has 0 bridgehead atoms. The molecular weight excluding hydrogens is 479 g/mol. The van der Waals surface area contributed by atoms with Crippen LogP contribution in [0.2, 0.25) is 0 Å². The Labute approximate surface area is 207 Å². The largest absolute Gasteiger partial charge is 0.471 e. The van der Waals surface area contributed by atoms with Crippen molar-refractivity contribution in [3.63, 3.8) is 0 Å². The van der Waals surface area contributed by atoms with Gasteiger partial charge in [-0.15, -0.1) is 0 Å². The molecule has 12 heteroatoms. The number of hydrogen-bond donors (Lipinski definition) is 3. The number of halogens is 3. The topological polar surface area (TPSA) is 131 Å². The van der Waals surface area contributed by atoms with Crippen LogP contribution in [0.25, 0.3) is 0 Å². The lowest BCUT2D eigenvalue weighted by Crippen LogP contribution is -2.59. The third-order valence-corrected chi connectivity index (χ3v) is 8.60. The van der Waals surface area contributed by atoms with Gasteiger partial charge in [-0.2, -0.15) is 18.4 Å². The van der Waals surface area contributed by atoms with Crippen LogP contribution >= 0.6 is 0 Å². The van der Waals surface area contributed by atoms with Gasteiger partial charge in [-0.3, -0.25) is 19.2 Å². The van der Waals surface area contributed by atoms with E-state index in [-0.39, 0.29) is 36.1 Å². The Morgan fingerprint density at radius 3 is 2.42 bits per heavy atom. The van der Waals surface area contributed by atoms with Gasteiger partial charge in [-0.25, -0.2) is 0 Å². The molecule has 4 amide bonds. The summed E-state index contributed by atoms with van der Waals surface area (Å²) < 4.78 is 39.1. The van der Waals surface area contributed by atoms with Gasteiger partial charge in [0.1, 0.15) is 18.1 Å². The molecule has 0 aromatic carbocycles. The lowest BCUT2D eigenvalue weighted by molar-refractivity contribution is -0.175. The summed E-state index contributed by atoms with van der Waals surface area (Å²) in [5, 5.41) is 16.9. The minimum atomic E-state index is -5.13. The Kier molecular flexibility index (Phi) is 6.96. The Balaban J connectivity index is 1.52. The van der Waals surface area contributed by atoms with E-state index in [4.69, 9.17) is 0 Å². The van der Waals surface area contributed by atoms with Gasteiger partial charge < -0.3 is 20.9 Å². The van der Waals surface area contributed by atoms with Crippen LogP contribution in [0.5, 0.6) is 0 Å². The molecule has 2 aliphatic carbocycles. The molecule has 4 fully saturated rings. The summed E-state index contributed by atoms with van der Waals surface area (Å²) in [6, 6.07) is -1.26. The zero-order valence-electron chi connectivity index (χ0n) is 20.4. The molecule has 2 saturated heterocycles. The normalized spacial score (nSPS) is 30.7. The van der Waals surface area contributed by atoms with Gasteiger partial charge in [0.2, 0.25) is 17.7 Å². The molecule has 2 aliphatic heterocycles. The van der Waals surface area contributed by atoms with E-state index in [1.165, 1.54) is 4.90 Å². The Morgan fingerprint density at radius 2 is 1.86 bits per heavy atom. The lowest BCUT2D eigenvalue weighted by Gasteiger charge is -2.35. The van der Waals surface area contributed by atoms with Crippen LogP contribution in [0.4, 0.5) is 13.2 Å². The van der Waals surface area contributed by atoms with Crippen LogP contribution in [0.1, 0.15) is 52.4 Å². The van der Waals surface area contributed by atoms with E-state index < -0.39 is 53.9 Å². The van der Waals surface area contributed by atoms with Gasteiger partial charge in [-0.05, 0) is 48.9 Å². The summed E-state index contributed by atoms with van der Waals surface area (Å²) in [6.45, 7) is 4.64. The third kappa shape index (κ3) is 4.89. The minimum absolute atomic E-state index is 0.0131. The third-order valence-electron chi connectivity index (χ3n) is 8.60. The maximum absolute atomic E-state index is 13.6. The average Bonchev–Trinajstić information content (AvgIpc) is 3.37. The first kappa shape index (κ1) is 26.2. The molecule has 3 N–H and O–H groups in total. The van der Waals surface area contributed by atoms with Crippen molar-refractivity contribution < 1.29 is 32.3 Å². The Hall–Kier alpha value is -2.84. The van der Waals surface area contributed by atoms with E-state index in [0.717, 1.165) is 12.8 Å². The summed E-state index contributed by atoms with van der Waals surface area (Å²) in [7, 11) is 0. The number of amides is 4. The first-order valence-corrected chi connectivity index (χ1v) is 12.5. The predicted octanol–water partition coefficient (Wildman–Crippen LogP) is 1.24. The molecule has 0 radical (unpaired) electrons. The number of likely N-dealkylation sites (tertiary alicyclic amines) is 1. The minimum Gasteiger partial charge on any atom is -0.356 e. The fraction of sp³-hybridized carbons (Fsp3) is 0.792. The van der Waals surface area contributed by atoms with Gasteiger partial charge in [0.15, 0.2) is 0 Å². The number of nitriles is 1. The van der Waals surface area contributed by atoms with Crippen LogP contribution in [-0.2, 0) is 19.2 Å². The molecule has 198 valence electrons. The molecule has 4 aliphatic rings. The summed E-state index contributed by atoms with van der Waals surface area (Å²) >= 11 is 0. The lowest BCUT2D eigenvalue weighted by atomic mass is 9.94. The average molecular weight is 512 g/mol. The summed E-state index contributed by atoms with van der Waals surface area (Å²) in [5.41, 5.74) is -0.246. The van der Waals surface area contributed by atoms with Crippen molar-refractivity contribution >= 4 is 23.6 Å².